The zero-order valence-corrected chi connectivity index (χ0v) is 14.2. The number of aliphatic hydroxyl groups excluding tert-OH is 4. The minimum absolute atomic E-state index is 0.208. The van der Waals surface area contributed by atoms with Crippen molar-refractivity contribution >= 4 is 5.69 Å². The van der Waals surface area contributed by atoms with Crippen molar-refractivity contribution in [3.63, 3.8) is 0 Å². The lowest BCUT2D eigenvalue weighted by Crippen LogP contribution is -2.63. The maximum absolute atomic E-state index is 14.0. The molecule has 0 spiro atoms. The molecular formula is C18H27FN2O4. The Bertz CT molecular complexity index is 576. The van der Waals surface area contributed by atoms with Gasteiger partial charge in [-0.1, -0.05) is 12.1 Å². The fourth-order valence-corrected chi connectivity index (χ4v) is 4.06. The number of para-hydroxylation sites is 1. The van der Waals surface area contributed by atoms with Gasteiger partial charge in [-0.3, -0.25) is 4.90 Å². The van der Waals surface area contributed by atoms with Crippen LogP contribution in [0.2, 0.25) is 0 Å². The van der Waals surface area contributed by atoms with E-state index in [1.807, 2.05) is 15.9 Å². The maximum Gasteiger partial charge on any atom is 0.146 e. The van der Waals surface area contributed by atoms with E-state index in [1.165, 1.54) is 6.07 Å². The van der Waals surface area contributed by atoms with Crippen LogP contribution in [0.5, 0.6) is 0 Å². The second kappa shape index (κ2) is 7.97. The molecule has 6 nitrogen and oxygen atoms in total. The lowest BCUT2D eigenvalue weighted by Gasteiger charge is -2.45. The summed E-state index contributed by atoms with van der Waals surface area (Å²) in [7, 11) is 0. The summed E-state index contributed by atoms with van der Waals surface area (Å²) in [5.74, 6) is 0.000345. The third kappa shape index (κ3) is 3.96. The van der Waals surface area contributed by atoms with Gasteiger partial charge in [-0.25, -0.2) is 4.39 Å². The topological polar surface area (TPSA) is 87.4 Å². The molecule has 1 aromatic carbocycles. The molecule has 0 unspecified atom stereocenters. The third-order valence-electron chi connectivity index (χ3n) is 5.42. The number of piperidine rings is 2. The number of β-amino-alcohol motifs (C(OH)–C–C–N with tert-alkyl or cyclic N) is 1. The van der Waals surface area contributed by atoms with E-state index in [0.29, 0.717) is 18.8 Å². The van der Waals surface area contributed by atoms with Crippen LogP contribution in [0.1, 0.15) is 12.8 Å². The Kier molecular flexibility index (Phi) is 5.91. The van der Waals surface area contributed by atoms with Crippen LogP contribution in [-0.4, -0.2) is 82.5 Å². The summed E-state index contributed by atoms with van der Waals surface area (Å²) >= 11 is 0. The highest BCUT2D eigenvalue weighted by molar-refractivity contribution is 5.47. The van der Waals surface area contributed by atoms with Gasteiger partial charge in [0, 0.05) is 26.2 Å². The molecule has 4 N–H and O–H groups in total. The molecule has 0 aromatic heterocycles. The van der Waals surface area contributed by atoms with E-state index < -0.39 is 24.4 Å². The van der Waals surface area contributed by atoms with Gasteiger partial charge in [-0.05, 0) is 30.9 Å². The van der Waals surface area contributed by atoms with Crippen LogP contribution in [-0.2, 0) is 0 Å². The molecule has 2 fully saturated rings. The fraction of sp³-hybridized carbons (Fsp3) is 0.667. The number of hydrogen-bond donors (Lipinski definition) is 4. The van der Waals surface area contributed by atoms with Crippen molar-refractivity contribution in [2.45, 2.75) is 37.2 Å². The van der Waals surface area contributed by atoms with Crippen molar-refractivity contribution in [1.82, 2.24) is 4.90 Å². The van der Waals surface area contributed by atoms with Crippen molar-refractivity contribution in [1.29, 1.82) is 0 Å². The van der Waals surface area contributed by atoms with E-state index >= 15 is 0 Å². The van der Waals surface area contributed by atoms with Crippen LogP contribution in [0, 0.1) is 11.7 Å². The molecule has 140 valence electrons. The van der Waals surface area contributed by atoms with Crippen LogP contribution < -0.4 is 4.90 Å². The molecule has 3 rings (SSSR count). The van der Waals surface area contributed by atoms with Gasteiger partial charge in [0.25, 0.3) is 0 Å². The van der Waals surface area contributed by atoms with Crippen molar-refractivity contribution in [3.8, 4) is 0 Å². The average molecular weight is 354 g/mol. The first-order chi connectivity index (χ1) is 12.0. The highest BCUT2D eigenvalue weighted by Crippen LogP contribution is 2.28. The Balaban J connectivity index is 1.67. The molecule has 5 atom stereocenters. The molecule has 0 aliphatic carbocycles. The van der Waals surface area contributed by atoms with Gasteiger partial charge in [-0.15, -0.1) is 0 Å². The molecule has 1 aromatic rings. The minimum Gasteiger partial charge on any atom is -0.395 e. The summed E-state index contributed by atoms with van der Waals surface area (Å²) in [6, 6.07) is 6.14. The Labute approximate surface area is 147 Å². The maximum atomic E-state index is 14.0. The summed E-state index contributed by atoms with van der Waals surface area (Å²) in [4.78, 5) is 3.88. The largest absolute Gasteiger partial charge is 0.395 e. The average Bonchev–Trinajstić information content (AvgIpc) is 2.61. The second-order valence-electron chi connectivity index (χ2n) is 7.16. The molecule has 2 aliphatic heterocycles. The van der Waals surface area contributed by atoms with Crippen LogP contribution in [0.4, 0.5) is 10.1 Å². The standard InChI is InChI=1S/C18H27FN2O4/c19-13-5-1-2-6-14(13)20-7-3-4-12(8-20)9-21-10-16(23)18(25)17(24)15(21)11-22/h1-2,5-6,12,15-18,22-25H,3-4,7-11H2/t12-,15-,16-,17+,18+/m0/s1. The SMILES string of the molecule is OC[C@H]1[C@@H](O)[C@H](O)[C@@H](O)CN1C[C@H]1CCCN(c2ccccc2F)C1. The quantitative estimate of drug-likeness (QED) is 0.599. The third-order valence-corrected chi connectivity index (χ3v) is 5.42. The van der Waals surface area contributed by atoms with E-state index in [4.69, 9.17) is 0 Å². The molecule has 0 radical (unpaired) electrons. The van der Waals surface area contributed by atoms with E-state index in [0.717, 1.165) is 19.4 Å². The summed E-state index contributed by atoms with van der Waals surface area (Å²) in [6.07, 6.45) is -1.56. The van der Waals surface area contributed by atoms with Crippen molar-refractivity contribution in [2.75, 3.05) is 37.7 Å². The Hall–Kier alpha value is -1.25. The zero-order chi connectivity index (χ0) is 18.0. The molecule has 7 heteroatoms. The van der Waals surface area contributed by atoms with Crippen molar-refractivity contribution in [2.24, 2.45) is 5.92 Å². The zero-order valence-electron chi connectivity index (χ0n) is 14.2. The lowest BCUT2D eigenvalue weighted by molar-refractivity contribution is -0.147. The number of nitrogens with zero attached hydrogens (tertiary/aromatic N) is 2. The Morgan fingerprint density at radius 2 is 1.84 bits per heavy atom. The summed E-state index contributed by atoms with van der Waals surface area (Å²) in [5, 5.41) is 39.4. The first-order valence-corrected chi connectivity index (χ1v) is 8.90. The number of benzene rings is 1. The summed E-state index contributed by atoms with van der Waals surface area (Å²) in [5.41, 5.74) is 0.597. The number of hydrogen-bond acceptors (Lipinski definition) is 6. The molecule has 0 saturated carbocycles. The lowest BCUT2D eigenvalue weighted by atomic mass is 9.91. The number of halogens is 1. The molecule has 2 aliphatic rings. The molecule has 2 heterocycles. The van der Waals surface area contributed by atoms with E-state index in [-0.39, 0.29) is 24.9 Å². The second-order valence-corrected chi connectivity index (χ2v) is 7.16. The van der Waals surface area contributed by atoms with Crippen LogP contribution in [0.3, 0.4) is 0 Å². The smallest absolute Gasteiger partial charge is 0.146 e. The number of likely N-dealkylation sites (tertiary alicyclic amines) is 1. The van der Waals surface area contributed by atoms with Gasteiger partial charge >= 0.3 is 0 Å². The Morgan fingerprint density at radius 1 is 1.08 bits per heavy atom. The predicted molar refractivity (Wildman–Crippen MR) is 91.8 cm³/mol. The highest BCUT2D eigenvalue weighted by atomic mass is 19.1. The highest BCUT2D eigenvalue weighted by Gasteiger charge is 2.41. The fourth-order valence-electron chi connectivity index (χ4n) is 4.06. The summed E-state index contributed by atoms with van der Waals surface area (Å²) in [6.45, 7) is 1.99. The summed E-state index contributed by atoms with van der Waals surface area (Å²) < 4.78 is 14.0. The first-order valence-electron chi connectivity index (χ1n) is 8.90. The minimum atomic E-state index is -1.24. The predicted octanol–water partition coefficient (Wildman–Crippen LogP) is -0.199. The molecule has 2 saturated heterocycles. The monoisotopic (exact) mass is 354 g/mol. The number of anilines is 1. The van der Waals surface area contributed by atoms with E-state index in [2.05, 4.69) is 0 Å². The van der Waals surface area contributed by atoms with Crippen LogP contribution in [0.15, 0.2) is 24.3 Å². The Morgan fingerprint density at radius 3 is 2.56 bits per heavy atom. The van der Waals surface area contributed by atoms with Gasteiger partial charge in [0.15, 0.2) is 0 Å². The van der Waals surface area contributed by atoms with Gasteiger partial charge < -0.3 is 25.3 Å². The van der Waals surface area contributed by atoms with Crippen molar-refractivity contribution in [3.05, 3.63) is 30.1 Å². The van der Waals surface area contributed by atoms with Gasteiger partial charge in [0.1, 0.15) is 18.0 Å². The molecule has 0 amide bonds. The van der Waals surface area contributed by atoms with E-state index in [9.17, 15) is 24.8 Å². The van der Waals surface area contributed by atoms with Crippen molar-refractivity contribution < 1.29 is 24.8 Å². The van der Waals surface area contributed by atoms with E-state index in [1.54, 1.807) is 12.1 Å². The van der Waals surface area contributed by atoms with Gasteiger partial charge in [-0.2, -0.15) is 0 Å². The van der Waals surface area contributed by atoms with Gasteiger partial charge in [0.2, 0.25) is 0 Å². The van der Waals surface area contributed by atoms with Gasteiger partial charge in [0.05, 0.1) is 24.4 Å². The molecule has 0 bridgehead atoms. The molecule has 25 heavy (non-hydrogen) atoms. The number of rotatable bonds is 4. The van der Waals surface area contributed by atoms with Crippen LogP contribution in [0.25, 0.3) is 0 Å². The van der Waals surface area contributed by atoms with Crippen LogP contribution >= 0.6 is 0 Å². The first kappa shape index (κ1) is 18.5. The molecular weight excluding hydrogens is 327 g/mol. The normalized spacial score (nSPS) is 34.3. The number of aliphatic hydroxyl groups is 4.